The van der Waals surface area contributed by atoms with Crippen LogP contribution in [0.1, 0.15) is 27.9 Å². The zero-order valence-electron chi connectivity index (χ0n) is 19.9. The maximum absolute atomic E-state index is 5.48. The van der Waals surface area contributed by atoms with Gasteiger partial charge in [0.2, 0.25) is 0 Å². The third-order valence-corrected chi connectivity index (χ3v) is 6.19. The van der Waals surface area contributed by atoms with Crippen molar-refractivity contribution in [2.45, 2.75) is 34.6 Å². The first-order chi connectivity index (χ1) is 15.9. The summed E-state index contributed by atoms with van der Waals surface area (Å²) >= 11 is 0. The first kappa shape index (κ1) is 23.9. The summed E-state index contributed by atoms with van der Waals surface area (Å²) in [5, 5.41) is 5.05. The fraction of sp³-hybridized carbons (Fsp3) is 0.172. The van der Waals surface area contributed by atoms with E-state index >= 15 is 0 Å². The summed E-state index contributed by atoms with van der Waals surface area (Å²) in [6.07, 6.45) is 1.86. The zero-order valence-corrected chi connectivity index (χ0v) is 22.3. The molecule has 2 aromatic heterocycles. The Morgan fingerprint density at radius 3 is 1.97 bits per heavy atom. The fourth-order valence-electron chi connectivity index (χ4n) is 4.54. The number of hydrogen-bond acceptors (Lipinski definition) is 4. The summed E-state index contributed by atoms with van der Waals surface area (Å²) in [4.78, 5) is 7.02. The molecule has 173 valence electrons. The average molecular weight is 625 g/mol. The maximum atomic E-state index is 5.48. The summed E-state index contributed by atoms with van der Waals surface area (Å²) in [6, 6.07) is 24.3. The van der Waals surface area contributed by atoms with Gasteiger partial charge in [-0.25, -0.2) is 0 Å². The van der Waals surface area contributed by atoms with Gasteiger partial charge in [-0.3, -0.25) is 0 Å². The van der Waals surface area contributed by atoms with Crippen LogP contribution in [0.15, 0.2) is 71.4 Å². The van der Waals surface area contributed by atoms with E-state index in [9.17, 15) is 0 Å². The first-order valence-electron chi connectivity index (χ1n) is 11.1. The Balaban J connectivity index is 0.00000274. The summed E-state index contributed by atoms with van der Waals surface area (Å²) < 4.78 is 5.48. The number of anilines is 3. The third-order valence-electron chi connectivity index (χ3n) is 6.19. The Morgan fingerprint density at radius 2 is 1.38 bits per heavy atom. The van der Waals surface area contributed by atoms with Crippen molar-refractivity contribution in [3.8, 4) is 11.3 Å². The standard InChI is InChI=1S/C29H26N3O.Ir/c1-18-8-6-9-19(2)28(18)32(29-20(3)10-7-11-21(29)4)24-14-15-30-26(17-24)23-12-13-25-22(5)31-33-27(25)16-23;/h6-11,13-17H,1-5H3;/q-1;. The van der Waals surface area contributed by atoms with Gasteiger partial charge in [-0.2, -0.15) is 0 Å². The molecule has 0 fully saturated rings. The predicted molar refractivity (Wildman–Crippen MR) is 134 cm³/mol. The number of nitrogens with zero attached hydrogens (tertiary/aromatic N) is 3. The molecule has 0 unspecified atom stereocenters. The van der Waals surface area contributed by atoms with Crippen LogP contribution in [0, 0.1) is 40.7 Å². The van der Waals surface area contributed by atoms with Crippen LogP contribution < -0.4 is 4.90 Å². The normalized spacial score (nSPS) is 10.9. The predicted octanol–water partition coefficient (Wildman–Crippen LogP) is 7.70. The Labute approximate surface area is 214 Å². The van der Waals surface area contributed by atoms with E-state index in [1.165, 1.54) is 33.6 Å². The Hall–Kier alpha value is -3.27. The number of pyridine rings is 1. The van der Waals surface area contributed by atoms with Crippen LogP contribution in [0.5, 0.6) is 0 Å². The van der Waals surface area contributed by atoms with Crippen LogP contribution in [0.4, 0.5) is 17.1 Å². The van der Waals surface area contributed by atoms with Crippen LogP contribution >= 0.6 is 0 Å². The van der Waals surface area contributed by atoms with Crippen molar-refractivity contribution in [2.24, 2.45) is 0 Å². The van der Waals surface area contributed by atoms with Crippen molar-refractivity contribution in [3.05, 3.63) is 101 Å². The molecule has 5 aromatic rings. The molecule has 0 saturated heterocycles. The minimum absolute atomic E-state index is 0. The van der Waals surface area contributed by atoms with Crippen LogP contribution in [0.25, 0.3) is 22.2 Å². The quantitative estimate of drug-likeness (QED) is 0.192. The van der Waals surface area contributed by atoms with Crippen LogP contribution in [0.2, 0.25) is 0 Å². The molecule has 3 aromatic carbocycles. The third kappa shape index (κ3) is 4.18. The fourth-order valence-corrected chi connectivity index (χ4v) is 4.54. The Morgan fingerprint density at radius 1 is 0.794 bits per heavy atom. The van der Waals surface area contributed by atoms with E-state index in [0.717, 1.165) is 33.6 Å². The molecule has 0 aliphatic heterocycles. The van der Waals surface area contributed by atoms with Crippen molar-refractivity contribution < 1.29 is 24.6 Å². The monoisotopic (exact) mass is 625 g/mol. The molecule has 0 aliphatic rings. The van der Waals surface area contributed by atoms with E-state index in [0.29, 0.717) is 0 Å². The molecule has 0 spiro atoms. The SMILES string of the molecule is Cc1cccc(C)c1N(c1ccnc(-c2[c-]cc3c(C)noc3c2)c1)c1c(C)cccc1C.[Ir]. The number of aryl methyl sites for hydroxylation is 5. The number of rotatable bonds is 4. The van der Waals surface area contributed by atoms with E-state index < -0.39 is 0 Å². The minimum Gasteiger partial charge on any atom is -0.377 e. The summed E-state index contributed by atoms with van der Waals surface area (Å²) in [5.74, 6) is 0. The number of fused-ring (bicyclic) bond motifs is 1. The molecule has 1 radical (unpaired) electrons. The first-order valence-corrected chi connectivity index (χ1v) is 11.1. The smallest absolute Gasteiger partial charge is 0.0862 e. The number of benzene rings is 3. The molecule has 0 N–H and O–H groups in total. The molecule has 0 atom stereocenters. The van der Waals surface area contributed by atoms with E-state index in [2.05, 4.69) is 97.3 Å². The second-order valence-corrected chi connectivity index (χ2v) is 8.61. The molecule has 5 heteroatoms. The molecule has 0 aliphatic carbocycles. The van der Waals surface area contributed by atoms with E-state index in [-0.39, 0.29) is 20.1 Å². The van der Waals surface area contributed by atoms with Crippen molar-refractivity contribution in [1.82, 2.24) is 10.1 Å². The van der Waals surface area contributed by atoms with E-state index in [1.807, 2.05) is 25.3 Å². The van der Waals surface area contributed by atoms with Crippen LogP contribution in [-0.2, 0) is 20.1 Å². The topological polar surface area (TPSA) is 42.2 Å². The van der Waals surface area contributed by atoms with Gasteiger partial charge in [0.15, 0.2) is 0 Å². The van der Waals surface area contributed by atoms with Crippen molar-refractivity contribution >= 4 is 28.0 Å². The summed E-state index contributed by atoms with van der Waals surface area (Å²) in [5.41, 5.74) is 11.7. The van der Waals surface area contributed by atoms with Gasteiger partial charge < -0.3 is 14.4 Å². The largest absolute Gasteiger partial charge is 0.377 e. The molecule has 4 nitrogen and oxygen atoms in total. The van der Waals surface area contributed by atoms with Gasteiger partial charge in [-0.05, 0) is 74.0 Å². The van der Waals surface area contributed by atoms with E-state index in [4.69, 9.17) is 4.52 Å². The second-order valence-electron chi connectivity index (χ2n) is 8.61. The number of hydrogen-bond donors (Lipinski definition) is 0. The number of aromatic nitrogens is 2. The molecular weight excluding hydrogens is 599 g/mol. The molecule has 2 heterocycles. The van der Waals surface area contributed by atoms with Gasteiger partial charge in [-0.1, -0.05) is 53.7 Å². The molecule has 0 bridgehead atoms. The molecule has 0 amide bonds. The van der Waals surface area contributed by atoms with Crippen LogP contribution in [0.3, 0.4) is 0 Å². The Kier molecular flexibility index (Phi) is 6.69. The molecule has 5 rings (SSSR count). The van der Waals surface area contributed by atoms with Crippen molar-refractivity contribution in [1.29, 1.82) is 0 Å². The van der Waals surface area contributed by atoms with Gasteiger partial charge in [0.1, 0.15) is 0 Å². The van der Waals surface area contributed by atoms with Crippen molar-refractivity contribution in [2.75, 3.05) is 4.90 Å². The van der Waals surface area contributed by atoms with Gasteiger partial charge in [0.25, 0.3) is 0 Å². The second kappa shape index (κ2) is 9.53. The number of para-hydroxylation sites is 2. The molecule has 0 saturated carbocycles. The summed E-state index contributed by atoms with van der Waals surface area (Å²) in [7, 11) is 0. The van der Waals surface area contributed by atoms with Gasteiger partial charge in [0.05, 0.1) is 17.0 Å². The molecule has 34 heavy (non-hydrogen) atoms. The summed E-state index contributed by atoms with van der Waals surface area (Å²) in [6.45, 7) is 10.6. The minimum atomic E-state index is 0. The van der Waals surface area contributed by atoms with Gasteiger partial charge in [0, 0.05) is 37.7 Å². The average Bonchev–Trinajstić information content (AvgIpc) is 3.18. The van der Waals surface area contributed by atoms with E-state index in [1.54, 1.807) is 0 Å². The van der Waals surface area contributed by atoms with Gasteiger partial charge >= 0.3 is 0 Å². The van der Waals surface area contributed by atoms with Crippen LogP contribution in [-0.4, -0.2) is 10.1 Å². The zero-order chi connectivity index (χ0) is 23.1. The molecular formula is C29H26IrN3O-. The Bertz CT molecular complexity index is 1400. The van der Waals surface area contributed by atoms with Crippen molar-refractivity contribution in [3.63, 3.8) is 0 Å². The maximum Gasteiger partial charge on any atom is 0.0862 e. The van der Waals surface area contributed by atoms with Gasteiger partial charge in [-0.15, -0.1) is 17.7 Å².